The lowest BCUT2D eigenvalue weighted by Gasteiger charge is -2.38. The molecule has 138 valence electrons. The topological polar surface area (TPSA) is 59.5 Å². The van der Waals surface area contributed by atoms with Crippen molar-refractivity contribution in [2.45, 2.75) is 38.5 Å². The van der Waals surface area contributed by atoms with Gasteiger partial charge in [0.05, 0.1) is 18.9 Å². The van der Waals surface area contributed by atoms with Crippen LogP contribution < -0.4 is 10.2 Å². The van der Waals surface area contributed by atoms with Gasteiger partial charge in [0.1, 0.15) is 5.82 Å². The van der Waals surface area contributed by atoms with Gasteiger partial charge in [-0.2, -0.15) is 4.98 Å². The van der Waals surface area contributed by atoms with Crippen LogP contribution in [0.25, 0.3) is 11.3 Å². The fourth-order valence-electron chi connectivity index (χ4n) is 3.54. The van der Waals surface area contributed by atoms with E-state index in [0.717, 1.165) is 43.0 Å². The molecule has 1 spiro atoms. The molecule has 0 saturated carbocycles. The standard InChI is InChI=1S/C20H26N4O2/c1-15(2)21-19-22-17(16-6-4-3-5-7-16)14-18(23-19)24-10-8-20(9-11-24)25-12-13-26-20/h3-7,14-15H,8-13H2,1-2H3,(H,21,22,23). The average molecular weight is 354 g/mol. The Labute approximate surface area is 154 Å². The molecule has 0 atom stereocenters. The first-order chi connectivity index (χ1) is 12.6. The van der Waals surface area contributed by atoms with Gasteiger partial charge in [0.15, 0.2) is 5.79 Å². The third-order valence-electron chi connectivity index (χ3n) is 4.86. The number of rotatable bonds is 4. The fraction of sp³-hybridized carbons (Fsp3) is 0.500. The second-order valence-corrected chi connectivity index (χ2v) is 7.19. The second kappa shape index (κ2) is 7.21. The van der Waals surface area contributed by atoms with Gasteiger partial charge in [-0.1, -0.05) is 30.3 Å². The van der Waals surface area contributed by atoms with Crippen LogP contribution in [-0.2, 0) is 9.47 Å². The van der Waals surface area contributed by atoms with Crippen molar-refractivity contribution in [2.24, 2.45) is 0 Å². The zero-order valence-corrected chi connectivity index (χ0v) is 15.4. The van der Waals surface area contributed by atoms with Crippen LogP contribution in [0, 0.1) is 0 Å². The predicted octanol–water partition coefficient (Wildman–Crippen LogP) is 3.31. The number of aromatic nitrogens is 2. The summed E-state index contributed by atoms with van der Waals surface area (Å²) in [5.74, 6) is 1.25. The van der Waals surface area contributed by atoms with Crippen molar-refractivity contribution < 1.29 is 9.47 Å². The number of nitrogens with zero attached hydrogens (tertiary/aromatic N) is 3. The molecule has 2 saturated heterocycles. The van der Waals surface area contributed by atoms with Crippen LogP contribution in [0.15, 0.2) is 36.4 Å². The summed E-state index contributed by atoms with van der Waals surface area (Å²) in [6.45, 7) is 7.33. The second-order valence-electron chi connectivity index (χ2n) is 7.19. The van der Waals surface area contributed by atoms with Gasteiger partial charge in [-0.15, -0.1) is 0 Å². The van der Waals surface area contributed by atoms with Crippen LogP contribution in [0.3, 0.4) is 0 Å². The number of hydrogen-bond acceptors (Lipinski definition) is 6. The van der Waals surface area contributed by atoms with Gasteiger partial charge in [0, 0.05) is 43.6 Å². The Morgan fingerprint density at radius 2 is 1.73 bits per heavy atom. The average Bonchev–Trinajstić information content (AvgIpc) is 3.10. The minimum atomic E-state index is -0.370. The van der Waals surface area contributed by atoms with Crippen molar-refractivity contribution in [1.29, 1.82) is 0 Å². The van der Waals surface area contributed by atoms with Crippen LogP contribution in [0.1, 0.15) is 26.7 Å². The number of nitrogens with one attached hydrogen (secondary N) is 1. The highest BCUT2D eigenvalue weighted by Crippen LogP contribution is 2.33. The van der Waals surface area contributed by atoms with E-state index in [0.29, 0.717) is 19.2 Å². The summed E-state index contributed by atoms with van der Waals surface area (Å²) in [5.41, 5.74) is 2.03. The highest BCUT2D eigenvalue weighted by atomic mass is 16.7. The Hall–Kier alpha value is -2.18. The van der Waals surface area contributed by atoms with Crippen molar-refractivity contribution >= 4 is 11.8 Å². The summed E-state index contributed by atoms with van der Waals surface area (Å²) >= 11 is 0. The monoisotopic (exact) mass is 354 g/mol. The number of ether oxygens (including phenoxy) is 2. The van der Waals surface area contributed by atoms with Gasteiger partial charge in [0.2, 0.25) is 5.95 Å². The van der Waals surface area contributed by atoms with Crippen LogP contribution in [0.2, 0.25) is 0 Å². The molecule has 6 heteroatoms. The Kier molecular flexibility index (Phi) is 4.78. The van der Waals surface area contributed by atoms with Crippen molar-refractivity contribution in [3.63, 3.8) is 0 Å². The Morgan fingerprint density at radius 3 is 2.38 bits per heavy atom. The summed E-state index contributed by atoms with van der Waals surface area (Å²) < 4.78 is 11.7. The fourth-order valence-corrected chi connectivity index (χ4v) is 3.54. The first-order valence-corrected chi connectivity index (χ1v) is 9.37. The van der Waals surface area contributed by atoms with E-state index in [4.69, 9.17) is 19.4 Å². The lowest BCUT2D eigenvalue weighted by molar-refractivity contribution is -0.169. The molecule has 0 unspecified atom stereocenters. The van der Waals surface area contributed by atoms with Gasteiger partial charge in [-0.05, 0) is 13.8 Å². The summed E-state index contributed by atoms with van der Waals surface area (Å²) in [4.78, 5) is 11.8. The maximum Gasteiger partial charge on any atom is 0.225 e. The molecule has 3 heterocycles. The van der Waals surface area contributed by atoms with Gasteiger partial charge < -0.3 is 19.7 Å². The molecule has 26 heavy (non-hydrogen) atoms. The van der Waals surface area contributed by atoms with E-state index in [1.54, 1.807) is 0 Å². The van der Waals surface area contributed by atoms with Crippen molar-refractivity contribution in [3.8, 4) is 11.3 Å². The summed E-state index contributed by atoms with van der Waals surface area (Å²) in [6.07, 6.45) is 1.73. The maximum atomic E-state index is 5.84. The molecule has 0 aliphatic carbocycles. The molecule has 0 radical (unpaired) electrons. The summed E-state index contributed by atoms with van der Waals surface area (Å²) in [6, 6.07) is 12.6. The van der Waals surface area contributed by atoms with E-state index in [1.807, 2.05) is 18.2 Å². The molecule has 2 aliphatic rings. The molecule has 2 fully saturated rings. The highest BCUT2D eigenvalue weighted by molar-refractivity contribution is 5.65. The Balaban J connectivity index is 1.60. The van der Waals surface area contributed by atoms with Crippen LogP contribution in [0.4, 0.5) is 11.8 Å². The Morgan fingerprint density at radius 1 is 1.04 bits per heavy atom. The third kappa shape index (κ3) is 3.66. The summed E-state index contributed by atoms with van der Waals surface area (Å²) in [5, 5.41) is 3.34. The third-order valence-corrected chi connectivity index (χ3v) is 4.86. The molecular weight excluding hydrogens is 328 g/mol. The van der Waals surface area contributed by atoms with Crippen molar-refractivity contribution in [3.05, 3.63) is 36.4 Å². The Bertz CT molecular complexity index is 735. The lowest BCUT2D eigenvalue weighted by atomic mass is 10.0. The highest BCUT2D eigenvalue weighted by Gasteiger charge is 2.40. The first kappa shape index (κ1) is 17.2. The van der Waals surface area contributed by atoms with Crippen LogP contribution in [-0.4, -0.2) is 48.1 Å². The van der Waals surface area contributed by atoms with E-state index < -0.39 is 0 Å². The predicted molar refractivity (Wildman–Crippen MR) is 102 cm³/mol. The van der Waals surface area contributed by atoms with Crippen molar-refractivity contribution in [1.82, 2.24) is 9.97 Å². The molecule has 6 nitrogen and oxygen atoms in total. The van der Waals surface area contributed by atoms with Crippen molar-refractivity contribution in [2.75, 3.05) is 36.5 Å². The number of benzene rings is 1. The lowest BCUT2D eigenvalue weighted by Crippen LogP contribution is -2.45. The number of piperidine rings is 1. The maximum absolute atomic E-state index is 5.84. The molecule has 4 rings (SSSR count). The molecule has 1 aromatic carbocycles. The molecule has 2 aliphatic heterocycles. The van der Waals surface area contributed by atoms with E-state index in [-0.39, 0.29) is 11.8 Å². The minimum Gasteiger partial charge on any atom is -0.356 e. The molecule has 2 aromatic rings. The SMILES string of the molecule is CC(C)Nc1nc(-c2ccccc2)cc(N2CCC3(CC2)OCCO3)n1. The first-order valence-electron chi connectivity index (χ1n) is 9.37. The van der Waals surface area contributed by atoms with E-state index in [2.05, 4.69) is 42.3 Å². The zero-order chi connectivity index (χ0) is 18.0. The molecule has 1 aromatic heterocycles. The van der Waals surface area contributed by atoms with E-state index in [1.165, 1.54) is 0 Å². The zero-order valence-electron chi connectivity index (χ0n) is 15.4. The van der Waals surface area contributed by atoms with Gasteiger partial charge in [-0.25, -0.2) is 4.98 Å². The largest absolute Gasteiger partial charge is 0.356 e. The van der Waals surface area contributed by atoms with Gasteiger partial charge in [-0.3, -0.25) is 0 Å². The van der Waals surface area contributed by atoms with Crippen LogP contribution in [0.5, 0.6) is 0 Å². The number of hydrogen-bond donors (Lipinski definition) is 1. The quantitative estimate of drug-likeness (QED) is 0.909. The number of anilines is 2. The molecule has 0 amide bonds. The van der Waals surface area contributed by atoms with E-state index in [9.17, 15) is 0 Å². The minimum absolute atomic E-state index is 0.277. The smallest absolute Gasteiger partial charge is 0.225 e. The molecule has 0 bridgehead atoms. The molecule has 1 N–H and O–H groups in total. The van der Waals surface area contributed by atoms with Gasteiger partial charge in [0.25, 0.3) is 0 Å². The van der Waals surface area contributed by atoms with E-state index >= 15 is 0 Å². The van der Waals surface area contributed by atoms with Crippen LogP contribution >= 0.6 is 0 Å². The summed E-state index contributed by atoms with van der Waals surface area (Å²) in [7, 11) is 0. The van der Waals surface area contributed by atoms with Gasteiger partial charge >= 0.3 is 0 Å². The normalized spacial score (nSPS) is 19.3. The molecular formula is C20H26N4O2.